The Morgan fingerprint density at radius 1 is 1.30 bits per heavy atom. The van der Waals surface area contributed by atoms with E-state index in [1.54, 1.807) is 16.7 Å². The van der Waals surface area contributed by atoms with Crippen LogP contribution < -0.4 is 4.90 Å². The molecule has 1 aliphatic rings. The van der Waals surface area contributed by atoms with Gasteiger partial charge in [0.25, 0.3) is 0 Å². The monoisotopic (exact) mass is 293 g/mol. The highest BCUT2D eigenvalue weighted by atomic mass is 32.2. The molecule has 0 saturated heterocycles. The van der Waals surface area contributed by atoms with E-state index in [-0.39, 0.29) is 11.9 Å². The molecule has 0 atom stereocenters. The number of benzene rings is 1. The van der Waals surface area contributed by atoms with Crippen molar-refractivity contribution >= 4 is 29.3 Å². The number of nitrogens with zero attached hydrogens (tertiary/aromatic N) is 1. The van der Waals surface area contributed by atoms with Gasteiger partial charge in [-0.3, -0.25) is 9.69 Å². The first-order valence-electron chi connectivity index (χ1n) is 6.70. The van der Waals surface area contributed by atoms with E-state index in [4.69, 9.17) is 4.74 Å². The summed E-state index contributed by atoms with van der Waals surface area (Å²) in [5, 5.41) is 0. The van der Waals surface area contributed by atoms with Gasteiger partial charge in [0.2, 0.25) is 5.91 Å². The number of para-hydroxylation sites is 1. The molecule has 1 aliphatic carbocycles. The molecule has 0 unspecified atom stereocenters. The number of esters is 1. The van der Waals surface area contributed by atoms with E-state index >= 15 is 0 Å². The van der Waals surface area contributed by atoms with Crippen molar-refractivity contribution in [1.82, 2.24) is 0 Å². The van der Waals surface area contributed by atoms with Crippen molar-refractivity contribution in [2.45, 2.75) is 25.3 Å². The summed E-state index contributed by atoms with van der Waals surface area (Å²) in [6.45, 7) is 2.01. The molecule has 0 aromatic heterocycles. The van der Waals surface area contributed by atoms with E-state index in [0.29, 0.717) is 18.6 Å². The van der Waals surface area contributed by atoms with Crippen LogP contribution >= 0.6 is 11.8 Å². The van der Waals surface area contributed by atoms with Crippen LogP contribution in [0.2, 0.25) is 0 Å². The molecule has 20 heavy (non-hydrogen) atoms. The number of hydrogen-bond donors (Lipinski definition) is 0. The van der Waals surface area contributed by atoms with Crippen LogP contribution in [0.4, 0.5) is 5.69 Å². The number of anilines is 1. The zero-order chi connectivity index (χ0) is 14.6. The Morgan fingerprint density at radius 3 is 2.45 bits per heavy atom. The summed E-state index contributed by atoms with van der Waals surface area (Å²) >= 11 is 1.56. The van der Waals surface area contributed by atoms with Gasteiger partial charge in [-0.1, -0.05) is 25.1 Å². The van der Waals surface area contributed by atoms with E-state index < -0.39 is 5.54 Å². The first-order chi connectivity index (χ1) is 9.65. The Morgan fingerprint density at radius 2 is 1.95 bits per heavy atom. The largest absolute Gasteiger partial charge is 0.467 e. The normalized spacial score (nSPS) is 15.5. The Balaban J connectivity index is 2.30. The number of carbonyl (C=O) groups is 2. The van der Waals surface area contributed by atoms with E-state index in [1.165, 1.54) is 7.11 Å². The molecule has 1 saturated carbocycles. The van der Waals surface area contributed by atoms with Crippen LogP contribution in [0.25, 0.3) is 0 Å². The van der Waals surface area contributed by atoms with Crippen LogP contribution in [0.1, 0.15) is 19.8 Å². The van der Waals surface area contributed by atoms with Crippen molar-refractivity contribution in [2.75, 3.05) is 23.5 Å². The van der Waals surface area contributed by atoms with Crippen LogP contribution in [0.15, 0.2) is 30.3 Å². The van der Waals surface area contributed by atoms with Gasteiger partial charge in [-0.15, -0.1) is 0 Å². The summed E-state index contributed by atoms with van der Waals surface area (Å²) < 4.78 is 4.89. The minimum absolute atomic E-state index is 0.0362. The topological polar surface area (TPSA) is 46.6 Å². The van der Waals surface area contributed by atoms with Crippen molar-refractivity contribution in [2.24, 2.45) is 0 Å². The van der Waals surface area contributed by atoms with Crippen molar-refractivity contribution in [3.8, 4) is 0 Å². The molecule has 5 heteroatoms. The maximum Gasteiger partial charge on any atom is 0.332 e. The van der Waals surface area contributed by atoms with Crippen LogP contribution in [0.3, 0.4) is 0 Å². The van der Waals surface area contributed by atoms with E-state index in [2.05, 4.69) is 0 Å². The van der Waals surface area contributed by atoms with Gasteiger partial charge in [0, 0.05) is 5.69 Å². The average molecular weight is 293 g/mol. The molecular formula is C15H19NO3S. The predicted molar refractivity (Wildman–Crippen MR) is 80.9 cm³/mol. The van der Waals surface area contributed by atoms with Crippen LogP contribution in [-0.2, 0) is 14.3 Å². The number of rotatable bonds is 6. The summed E-state index contributed by atoms with van der Waals surface area (Å²) in [5.41, 5.74) is -0.0290. The van der Waals surface area contributed by atoms with Gasteiger partial charge in [0.15, 0.2) is 0 Å². The number of hydrogen-bond acceptors (Lipinski definition) is 4. The fourth-order valence-electron chi connectivity index (χ4n) is 2.29. The Labute approximate surface area is 123 Å². The number of ether oxygens (including phenoxy) is 1. The van der Waals surface area contributed by atoms with Gasteiger partial charge in [-0.05, 0) is 30.7 Å². The molecule has 0 radical (unpaired) electrons. The Hall–Kier alpha value is -1.49. The Bertz CT molecular complexity index is 485. The maximum absolute atomic E-state index is 12.5. The number of amides is 1. The van der Waals surface area contributed by atoms with E-state index in [1.807, 2.05) is 37.3 Å². The number of thioether (sulfide) groups is 1. The van der Waals surface area contributed by atoms with Crippen LogP contribution in [0, 0.1) is 0 Å². The molecule has 0 bridgehead atoms. The predicted octanol–water partition coefficient (Wildman–Crippen LogP) is 2.48. The highest BCUT2D eigenvalue weighted by Crippen LogP contribution is 2.45. The number of carbonyl (C=O) groups excluding carboxylic acids is 2. The third-order valence-corrected chi connectivity index (χ3v) is 4.27. The summed E-state index contributed by atoms with van der Waals surface area (Å²) in [6.07, 6.45) is 1.33. The summed E-state index contributed by atoms with van der Waals surface area (Å²) in [4.78, 5) is 26.2. The van der Waals surface area contributed by atoms with Crippen LogP contribution in [-0.4, -0.2) is 36.0 Å². The fraction of sp³-hybridized carbons (Fsp3) is 0.467. The second-order valence-electron chi connectivity index (χ2n) is 4.73. The van der Waals surface area contributed by atoms with Crippen molar-refractivity contribution < 1.29 is 14.3 Å². The lowest BCUT2D eigenvalue weighted by Gasteiger charge is -2.30. The fourth-order valence-corrected chi connectivity index (χ4v) is 2.80. The molecule has 0 spiro atoms. The molecule has 108 valence electrons. The molecule has 1 aromatic carbocycles. The van der Waals surface area contributed by atoms with E-state index in [9.17, 15) is 9.59 Å². The molecule has 4 nitrogen and oxygen atoms in total. The highest BCUT2D eigenvalue weighted by Gasteiger charge is 2.58. The number of methoxy groups -OCH3 is 1. The van der Waals surface area contributed by atoms with E-state index in [0.717, 1.165) is 11.4 Å². The van der Waals surface area contributed by atoms with Gasteiger partial charge in [-0.25, -0.2) is 4.79 Å². The molecule has 0 aliphatic heterocycles. The SMILES string of the molecule is CCSCC(=O)N(c1ccccc1)C1(C(=O)OC)CC1. The smallest absolute Gasteiger partial charge is 0.332 e. The molecule has 0 N–H and O–H groups in total. The third-order valence-electron chi connectivity index (χ3n) is 3.41. The molecule has 1 aromatic rings. The first kappa shape index (κ1) is 14.9. The minimum atomic E-state index is -0.790. The van der Waals surface area contributed by atoms with Crippen molar-refractivity contribution in [3.63, 3.8) is 0 Å². The van der Waals surface area contributed by atoms with Gasteiger partial charge in [-0.2, -0.15) is 11.8 Å². The average Bonchev–Trinajstić information content (AvgIpc) is 3.27. The van der Waals surface area contributed by atoms with Crippen LogP contribution in [0.5, 0.6) is 0 Å². The van der Waals surface area contributed by atoms with Crippen molar-refractivity contribution in [1.29, 1.82) is 0 Å². The lowest BCUT2D eigenvalue weighted by atomic mass is 10.1. The zero-order valence-electron chi connectivity index (χ0n) is 11.8. The molecule has 1 amide bonds. The van der Waals surface area contributed by atoms with Gasteiger partial charge >= 0.3 is 5.97 Å². The Kier molecular flexibility index (Phi) is 4.70. The third kappa shape index (κ3) is 2.82. The summed E-state index contributed by atoms with van der Waals surface area (Å²) in [7, 11) is 1.37. The summed E-state index contributed by atoms with van der Waals surface area (Å²) in [5.74, 6) is 0.895. The molecule has 2 rings (SSSR count). The zero-order valence-corrected chi connectivity index (χ0v) is 12.6. The second-order valence-corrected chi connectivity index (χ2v) is 6.00. The summed E-state index contributed by atoms with van der Waals surface area (Å²) in [6, 6.07) is 9.35. The van der Waals surface area contributed by atoms with Crippen molar-refractivity contribution in [3.05, 3.63) is 30.3 Å². The first-order valence-corrected chi connectivity index (χ1v) is 7.85. The van der Waals surface area contributed by atoms with Gasteiger partial charge in [0.1, 0.15) is 5.54 Å². The standard InChI is InChI=1S/C15H19NO3S/c1-3-20-11-13(17)16(12-7-5-4-6-8-12)15(9-10-15)14(18)19-2/h4-8H,3,9-11H2,1-2H3. The molecule has 1 fully saturated rings. The molecular weight excluding hydrogens is 274 g/mol. The second kappa shape index (κ2) is 6.31. The quantitative estimate of drug-likeness (QED) is 0.756. The van der Waals surface area contributed by atoms with Gasteiger partial charge < -0.3 is 4.74 Å². The lowest BCUT2D eigenvalue weighted by molar-refractivity contribution is -0.144. The lowest BCUT2D eigenvalue weighted by Crippen LogP contribution is -2.49. The minimum Gasteiger partial charge on any atom is -0.467 e. The maximum atomic E-state index is 12.5. The van der Waals surface area contributed by atoms with Gasteiger partial charge in [0.05, 0.1) is 12.9 Å². The molecule has 0 heterocycles. The highest BCUT2D eigenvalue weighted by molar-refractivity contribution is 7.99.